The Morgan fingerprint density at radius 1 is 1.70 bits per heavy atom. The minimum absolute atomic E-state index is 0.199. The van der Waals surface area contributed by atoms with Gasteiger partial charge in [0, 0.05) is 5.57 Å². The van der Waals surface area contributed by atoms with Gasteiger partial charge in [0.2, 0.25) is 5.76 Å². The Labute approximate surface area is 59.3 Å². The molecule has 0 aromatic heterocycles. The average molecular weight is 142 g/mol. The normalized spacial score (nSPS) is 25.4. The van der Waals surface area contributed by atoms with Gasteiger partial charge in [0.25, 0.3) is 0 Å². The highest BCUT2D eigenvalue weighted by Gasteiger charge is 2.29. The summed E-state index contributed by atoms with van der Waals surface area (Å²) in [6.07, 6.45) is 0.427. The Morgan fingerprint density at radius 2 is 2.30 bits per heavy atom. The number of aliphatic hydroxyl groups is 1. The van der Waals surface area contributed by atoms with Crippen molar-refractivity contribution in [1.82, 2.24) is 0 Å². The molecule has 0 unspecified atom stereocenters. The third-order valence-electron chi connectivity index (χ3n) is 1.65. The molecule has 0 spiro atoms. The van der Waals surface area contributed by atoms with Gasteiger partial charge in [-0.1, -0.05) is 6.92 Å². The summed E-state index contributed by atoms with van der Waals surface area (Å²) in [6.45, 7) is 3.63. The molecule has 1 aliphatic rings. The van der Waals surface area contributed by atoms with E-state index in [0.29, 0.717) is 12.0 Å². The zero-order valence-electron chi connectivity index (χ0n) is 6.05. The highest BCUT2D eigenvalue weighted by atomic mass is 16.6. The van der Waals surface area contributed by atoms with Crippen LogP contribution < -0.4 is 0 Å². The number of carbonyl (C=O) groups excluding carboxylic acids is 1. The zero-order valence-corrected chi connectivity index (χ0v) is 6.05. The molecule has 3 heteroatoms. The van der Waals surface area contributed by atoms with Crippen molar-refractivity contribution in [2.45, 2.75) is 26.4 Å². The standard InChI is InChI=1S/C7H10O3/c1-3-5-4(2)10-7(9)6(5)8/h4,8H,3H2,1-2H3/t4-/m1/s1. The Kier molecular flexibility index (Phi) is 1.66. The molecule has 0 aromatic carbocycles. The summed E-state index contributed by atoms with van der Waals surface area (Å²) in [6, 6.07) is 0. The first-order valence-corrected chi connectivity index (χ1v) is 3.29. The summed E-state index contributed by atoms with van der Waals surface area (Å²) in [7, 11) is 0. The molecule has 0 saturated heterocycles. The molecule has 1 heterocycles. The monoisotopic (exact) mass is 142 g/mol. The maximum Gasteiger partial charge on any atom is 0.374 e. The molecule has 1 atom stereocenters. The van der Waals surface area contributed by atoms with Gasteiger partial charge in [0.05, 0.1) is 0 Å². The first-order valence-electron chi connectivity index (χ1n) is 3.29. The second kappa shape index (κ2) is 2.33. The summed E-state index contributed by atoms with van der Waals surface area (Å²) in [5.74, 6) is -0.792. The zero-order chi connectivity index (χ0) is 7.72. The van der Waals surface area contributed by atoms with Gasteiger partial charge >= 0.3 is 5.97 Å². The summed E-state index contributed by atoms with van der Waals surface area (Å²) >= 11 is 0. The first kappa shape index (κ1) is 7.12. The number of rotatable bonds is 1. The van der Waals surface area contributed by atoms with E-state index in [4.69, 9.17) is 9.84 Å². The Morgan fingerprint density at radius 3 is 2.50 bits per heavy atom. The van der Waals surface area contributed by atoms with E-state index < -0.39 is 5.97 Å². The fourth-order valence-corrected chi connectivity index (χ4v) is 1.07. The molecule has 10 heavy (non-hydrogen) atoms. The average Bonchev–Trinajstić information content (AvgIpc) is 2.09. The van der Waals surface area contributed by atoms with Crippen molar-refractivity contribution in [3.63, 3.8) is 0 Å². The predicted octanol–water partition coefficient (Wildman–Crippen LogP) is 1.15. The van der Waals surface area contributed by atoms with Crippen LogP contribution in [0.5, 0.6) is 0 Å². The summed E-state index contributed by atoms with van der Waals surface area (Å²) in [4.78, 5) is 10.6. The van der Waals surface area contributed by atoms with Crippen LogP contribution in [0.2, 0.25) is 0 Å². The Hall–Kier alpha value is -0.990. The van der Waals surface area contributed by atoms with Crippen molar-refractivity contribution in [1.29, 1.82) is 0 Å². The van der Waals surface area contributed by atoms with Crippen LogP contribution in [0.1, 0.15) is 20.3 Å². The highest BCUT2D eigenvalue weighted by Crippen LogP contribution is 2.22. The Balaban J connectivity index is 2.90. The van der Waals surface area contributed by atoms with Gasteiger partial charge in [-0.2, -0.15) is 0 Å². The fraction of sp³-hybridized carbons (Fsp3) is 0.571. The van der Waals surface area contributed by atoms with E-state index in [0.717, 1.165) is 0 Å². The predicted molar refractivity (Wildman–Crippen MR) is 35.5 cm³/mol. The third kappa shape index (κ3) is 0.875. The number of esters is 1. The van der Waals surface area contributed by atoms with Crippen LogP contribution in [0.15, 0.2) is 11.3 Å². The Bertz CT molecular complexity index is 193. The van der Waals surface area contributed by atoms with Gasteiger partial charge in [0.1, 0.15) is 6.10 Å². The lowest BCUT2D eigenvalue weighted by atomic mass is 10.1. The number of hydrogen-bond acceptors (Lipinski definition) is 3. The van der Waals surface area contributed by atoms with Crippen LogP contribution in [0, 0.1) is 0 Å². The molecular weight excluding hydrogens is 132 g/mol. The maximum atomic E-state index is 10.6. The number of cyclic esters (lactones) is 1. The molecule has 0 bridgehead atoms. The first-order chi connectivity index (χ1) is 4.66. The van der Waals surface area contributed by atoms with Gasteiger partial charge in [-0.25, -0.2) is 4.79 Å². The van der Waals surface area contributed by atoms with Crippen molar-refractivity contribution >= 4 is 5.97 Å². The summed E-state index contributed by atoms with van der Waals surface area (Å²) < 4.78 is 4.71. The molecular formula is C7H10O3. The van der Waals surface area contributed by atoms with E-state index in [1.807, 2.05) is 6.92 Å². The SMILES string of the molecule is CCC1=C(O)C(=O)O[C@@H]1C. The second-order valence-corrected chi connectivity index (χ2v) is 2.27. The van der Waals surface area contributed by atoms with Gasteiger partial charge in [0.15, 0.2) is 0 Å². The van der Waals surface area contributed by atoms with Gasteiger partial charge in [-0.3, -0.25) is 0 Å². The number of aliphatic hydroxyl groups excluding tert-OH is 1. The molecule has 0 radical (unpaired) electrons. The number of ether oxygens (including phenoxy) is 1. The highest BCUT2D eigenvalue weighted by molar-refractivity contribution is 5.89. The second-order valence-electron chi connectivity index (χ2n) is 2.27. The smallest absolute Gasteiger partial charge is 0.374 e. The van der Waals surface area contributed by atoms with Gasteiger partial charge < -0.3 is 9.84 Å². The van der Waals surface area contributed by atoms with E-state index in [1.54, 1.807) is 6.92 Å². The lowest BCUT2D eigenvalue weighted by Gasteiger charge is -2.02. The molecule has 0 saturated carbocycles. The van der Waals surface area contributed by atoms with Gasteiger partial charge in [-0.15, -0.1) is 0 Å². The van der Waals surface area contributed by atoms with E-state index in [1.165, 1.54) is 0 Å². The van der Waals surface area contributed by atoms with Crippen molar-refractivity contribution in [3.8, 4) is 0 Å². The van der Waals surface area contributed by atoms with E-state index in [9.17, 15) is 4.79 Å². The van der Waals surface area contributed by atoms with Crippen molar-refractivity contribution in [3.05, 3.63) is 11.3 Å². The molecule has 1 rings (SSSR count). The third-order valence-corrected chi connectivity index (χ3v) is 1.65. The molecule has 0 fully saturated rings. The summed E-state index contributed by atoms with van der Waals surface area (Å²) in [5, 5.41) is 9.03. The molecule has 0 amide bonds. The fourth-order valence-electron chi connectivity index (χ4n) is 1.07. The molecule has 3 nitrogen and oxygen atoms in total. The van der Waals surface area contributed by atoms with Gasteiger partial charge in [-0.05, 0) is 13.3 Å². The minimum atomic E-state index is -0.593. The van der Waals surface area contributed by atoms with Crippen molar-refractivity contribution < 1.29 is 14.6 Å². The molecule has 56 valence electrons. The van der Waals surface area contributed by atoms with Crippen molar-refractivity contribution in [2.75, 3.05) is 0 Å². The minimum Gasteiger partial charge on any atom is -0.502 e. The molecule has 1 N–H and O–H groups in total. The van der Waals surface area contributed by atoms with Crippen LogP contribution in [-0.4, -0.2) is 17.2 Å². The van der Waals surface area contributed by atoms with E-state index in [-0.39, 0.29) is 11.9 Å². The van der Waals surface area contributed by atoms with Crippen LogP contribution >= 0.6 is 0 Å². The maximum absolute atomic E-state index is 10.6. The molecule has 0 aliphatic carbocycles. The quantitative estimate of drug-likeness (QED) is 0.559. The largest absolute Gasteiger partial charge is 0.502 e. The topological polar surface area (TPSA) is 46.5 Å². The van der Waals surface area contributed by atoms with Crippen LogP contribution in [0.4, 0.5) is 0 Å². The van der Waals surface area contributed by atoms with E-state index >= 15 is 0 Å². The van der Waals surface area contributed by atoms with Crippen LogP contribution in [0.25, 0.3) is 0 Å². The van der Waals surface area contributed by atoms with Crippen LogP contribution in [0.3, 0.4) is 0 Å². The lowest BCUT2D eigenvalue weighted by Crippen LogP contribution is -2.05. The van der Waals surface area contributed by atoms with E-state index in [2.05, 4.69) is 0 Å². The lowest BCUT2D eigenvalue weighted by molar-refractivity contribution is -0.141. The molecule has 0 aromatic rings. The van der Waals surface area contributed by atoms with Crippen LogP contribution in [-0.2, 0) is 9.53 Å². The van der Waals surface area contributed by atoms with Crippen molar-refractivity contribution in [2.24, 2.45) is 0 Å². The number of hydrogen-bond donors (Lipinski definition) is 1. The molecule has 1 aliphatic heterocycles. The number of carbonyl (C=O) groups is 1. The summed E-state index contributed by atoms with van der Waals surface area (Å²) in [5.41, 5.74) is 0.699.